The Hall–Kier alpha value is -2.82. The molecule has 3 aromatic rings. The number of carbonyl (C=O) groups is 1. The Morgan fingerprint density at radius 2 is 2.05 bits per heavy atom. The summed E-state index contributed by atoms with van der Waals surface area (Å²) in [6.45, 7) is 0.470. The largest absolute Gasteiger partial charge is 0.361 e. The van der Waals surface area contributed by atoms with Gasteiger partial charge in [-0.05, 0) is 29.3 Å². The molecule has 0 radical (unpaired) electrons. The van der Waals surface area contributed by atoms with Crippen LogP contribution in [0.15, 0.2) is 48.7 Å². The fourth-order valence-corrected chi connectivity index (χ4v) is 3.27. The molecule has 0 bridgehead atoms. The molecule has 5 heteroatoms. The van der Waals surface area contributed by atoms with Gasteiger partial charge in [0, 0.05) is 29.2 Å². The lowest BCUT2D eigenvalue weighted by Gasteiger charge is -2.23. The number of halogens is 1. The van der Waals surface area contributed by atoms with Gasteiger partial charge in [0.15, 0.2) is 0 Å². The van der Waals surface area contributed by atoms with Crippen LogP contribution in [-0.4, -0.2) is 15.9 Å². The summed E-state index contributed by atoms with van der Waals surface area (Å²) >= 11 is 0. The molecule has 1 unspecified atom stereocenters. The normalized spacial score (nSPS) is 17.0. The number of aromatic nitrogens is 1. The van der Waals surface area contributed by atoms with Crippen molar-refractivity contribution in [1.29, 1.82) is 0 Å². The van der Waals surface area contributed by atoms with Crippen molar-refractivity contribution in [2.24, 2.45) is 5.73 Å². The van der Waals surface area contributed by atoms with Crippen LogP contribution in [0.1, 0.15) is 22.7 Å². The predicted molar refractivity (Wildman–Crippen MR) is 81.7 cm³/mol. The second-order valence-electron chi connectivity index (χ2n) is 5.50. The first kappa shape index (κ1) is 12.9. The number of hydrogen-bond donors (Lipinski definition) is 2. The third kappa shape index (κ3) is 1.79. The minimum atomic E-state index is -0.480. The van der Waals surface area contributed by atoms with Crippen LogP contribution in [0.25, 0.3) is 10.9 Å². The second-order valence-corrected chi connectivity index (χ2v) is 5.50. The Morgan fingerprint density at radius 1 is 1.23 bits per heavy atom. The number of amides is 2. The van der Waals surface area contributed by atoms with Gasteiger partial charge in [-0.3, -0.25) is 0 Å². The maximum atomic E-state index is 13.6. The van der Waals surface area contributed by atoms with Crippen LogP contribution >= 0.6 is 0 Å². The maximum Gasteiger partial charge on any atom is 0.315 e. The van der Waals surface area contributed by atoms with Gasteiger partial charge in [-0.15, -0.1) is 0 Å². The minimum Gasteiger partial charge on any atom is -0.361 e. The molecule has 1 atom stereocenters. The van der Waals surface area contributed by atoms with Crippen molar-refractivity contribution in [3.8, 4) is 0 Å². The quantitative estimate of drug-likeness (QED) is 0.711. The molecule has 2 heterocycles. The third-order valence-corrected chi connectivity index (χ3v) is 4.26. The van der Waals surface area contributed by atoms with E-state index in [0.29, 0.717) is 6.54 Å². The Morgan fingerprint density at radius 3 is 2.86 bits per heavy atom. The zero-order valence-corrected chi connectivity index (χ0v) is 11.7. The van der Waals surface area contributed by atoms with E-state index in [2.05, 4.69) is 4.98 Å². The van der Waals surface area contributed by atoms with E-state index < -0.39 is 6.03 Å². The van der Waals surface area contributed by atoms with Crippen molar-refractivity contribution in [3.05, 3.63) is 71.2 Å². The molecular weight excluding hydrogens is 281 g/mol. The van der Waals surface area contributed by atoms with Crippen molar-refractivity contribution >= 4 is 16.9 Å². The number of urea groups is 1. The summed E-state index contributed by atoms with van der Waals surface area (Å²) in [4.78, 5) is 16.6. The number of carbonyl (C=O) groups excluding carboxylic acids is 1. The number of hydrogen-bond acceptors (Lipinski definition) is 1. The van der Waals surface area contributed by atoms with Gasteiger partial charge in [-0.25, -0.2) is 9.18 Å². The Balaban J connectivity index is 1.94. The molecule has 1 aliphatic heterocycles. The van der Waals surface area contributed by atoms with Crippen LogP contribution in [0, 0.1) is 5.82 Å². The molecule has 4 nitrogen and oxygen atoms in total. The molecule has 0 saturated carbocycles. The first-order valence-electron chi connectivity index (χ1n) is 7.05. The molecule has 22 heavy (non-hydrogen) atoms. The van der Waals surface area contributed by atoms with E-state index in [0.717, 1.165) is 27.6 Å². The van der Waals surface area contributed by atoms with Gasteiger partial charge in [0.25, 0.3) is 0 Å². The first-order valence-corrected chi connectivity index (χ1v) is 7.05. The van der Waals surface area contributed by atoms with E-state index in [-0.39, 0.29) is 11.9 Å². The number of fused-ring (bicyclic) bond motifs is 2. The van der Waals surface area contributed by atoms with Gasteiger partial charge in [0.1, 0.15) is 5.82 Å². The zero-order chi connectivity index (χ0) is 15.3. The molecule has 0 saturated heterocycles. The number of primary amides is 1. The molecule has 110 valence electrons. The Labute approximate surface area is 126 Å². The Bertz CT molecular complexity index is 886. The molecule has 2 aromatic carbocycles. The summed E-state index contributed by atoms with van der Waals surface area (Å²) in [6, 6.07) is 11.7. The number of H-pyrrole nitrogens is 1. The van der Waals surface area contributed by atoms with E-state index in [9.17, 15) is 9.18 Å². The number of aromatic amines is 1. The molecule has 0 fully saturated rings. The number of rotatable bonds is 1. The van der Waals surface area contributed by atoms with E-state index in [1.807, 2.05) is 30.5 Å². The molecule has 3 N–H and O–H groups in total. The van der Waals surface area contributed by atoms with Gasteiger partial charge in [-0.2, -0.15) is 0 Å². The van der Waals surface area contributed by atoms with Gasteiger partial charge < -0.3 is 15.6 Å². The van der Waals surface area contributed by atoms with Crippen molar-refractivity contribution < 1.29 is 9.18 Å². The molecule has 0 aliphatic carbocycles. The highest BCUT2D eigenvalue weighted by Gasteiger charge is 2.34. The summed E-state index contributed by atoms with van der Waals surface area (Å²) in [6.07, 6.45) is 1.83. The average molecular weight is 295 g/mol. The summed E-state index contributed by atoms with van der Waals surface area (Å²) in [7, 11) is 0. The topological polar surface area (TPSA) is 62.1 Å². The van der Waals surface area contributed by atoms with Crippen molar-refractivity contribution in [2.45, 2.75) is 12.6 Å². The number of nitrogens with one attached hydrogen (secondary N) is 1. The summed E-state index contributed by atoms with van der Waals surface area (Å²) in [5.74, 6) is -0.301. The standard InChI is InChI=1S/C17H14FN3O/c18-11-5-6-15-13(7-11)14(8-20-15)16-12-4-2-1-3-10(12)9-21(16)17(19)22/h1-8,16,20H,9H2,(H2,19,22). The predicted octanol–water partition coefficient (Wildman–Crippen LogP) is 3.29. The first-order chi connectivity index (χ1) is 10.6. The third-order valence-electron chi connectivity index (χ3n) is 4.26. The van der Waals surface area contributed by atoms with Crippen LogP contribution < -0.4 is 5.73 Å². The van der Waals surface area contributed by atoms with Crippen LogP contribution in [-0.2, 0) is 6.54 Å². The van der Waals surface area contributed by atoms with E-state index in [1.54, 1.807) is 11.0 Å². The van der Waals surface area contributed by atoms with Gasteiger partial charge in [-0.1, -0.05) is 24.3 Å². The number of nitrogens with zero attached hydrogens (tertiary/aromatic N) is 1. The van der Waals surface area contributed by atoms with Crippen LogP contribution in [0.4, 0.5) is 9.18 Å². The van der Waals surface area contributed by atoms with E-state index in [1.165, 1.54) is 12.1 Å². The lowest BCUT2D eigenvalue weighted by molar-refractivity contribution is 0.199. The van der Waals surface area contributed by atoms with E-state index in [4.69, 9.17) is 5.73 Å². The second kappa shape index (κ2) is 4.59. The zero-order valence-electron chi connectivity index (χ0n) is 11.7. The summed E-state index contributed by atoms with van der Waals surface area (Å²) < 4.78 is 13.6. The van der Waals surface area contributed by atoms with Gasteiger partial charge >= 0.3 is 6.03 Å². The minimum absolute atomic E-state index is 0.288. The fraction of sp³-hybridized carbons (Fsp3) is 0.118. The van der Waals surface area contributed by atoms with Crippen molar-refractivity contribution in [3.63, 3.8) is 0 Å². The fourth-order valence-electron chi connectivity index (χ4n) is 3.27. The SMILES string of the molecule is NC(=O)N1Cc2ccccc2C1c1c[nH]c2ccc(F)cc12. The van der Waals surface area contributed by atoms with Gasteiger partial charge in [0.2, 0.25) is 0 Å². The highest BCUT2D eigenvalue weighted by atomic mass is 19.1. The van der Waals surface area contributed by atoms with Crippen LogP contribution in [0.5, 0.6) is 0 Å². The highest BCUT2D eigenvalue weighted by Crippen LogP contribution is 2.40. The number of nitrogens with two attached hydrogens (primary N) is 1. The monoisotopic (exact) mass is 295 g/mol. The molecule has 1 aliphatic rings. The van der Waals surface area contributed by atoms with E-state index >= 15 is 0 Å². The average Bonchev–Trinajstić information content (AvgIpc) is 3.07. The summed E-state index contributed by atoms with van der Waals surface area (Å²) in [5.41, 5.74) is 9.35. The highest BCUT2D eigenvalue weighted by molar-refractivity contribution is 5.85. The molecular formula is C17H14FN3O. The molecule has 2 amide bonds. The Kier molecular flexibility index (Phi) is 2.69. The van der Waals surface area contributed by atoms with Gasteiger partial charge in [0.05, 0.1) is 6.04 Å². The lowest BCUT2D eigenvalue weighted by atomic mass is 9.97. The van der Waals surface area contributed by atoms with Crippen molar-refractivity contribution in [2.75, 3.05) is 0 Å². The maximum absolute atomic E-state index is 13.6. The molecule has 0 spiro atoms. The van der Waals surface area contributed by atoms with Crippen molar-refractivity contribution in [1.82, 2.24) is 9.88 Å². The summed E-state index contributed by atoms with van der Waals surface area (Å²) in [5, 5.41) is 0.771. The molecule has 1 aromatic heterocycles. The van der Waals surface area contributed by atoms with Crippen LogP contribution in [0.3, 0.4) is 0 Å². The number of benzene rings is 2. The smallest absolute Gasteiger partial charge is 0.315 e. The molecule has 4 rings (SSSR count). The van der Waals surface area contributed by atoms with Crippen LogP contribution in [0.2, 0.25) is 0 Å². The lowest BCUT2D eigenvalue weighted by Crippen LogP contribution is -2.34.